The minimum atomic E-state index is -3.36. The molecule has 1 heterocycles. The molecule has 0 bridgehead atoms. The van der Waals surface area contributed by atoms with E-state index in [0.717, 1.165) is 18.5 Å². The molecule has 0 aliphatic heterocycles. The van der Waals surface area contributed by atoms with Crippen LogP contribution in [0.15, 0.2) is 18.3 Å². The van der Waals surface area contributed by atoms with E-state index < -0.39 is 45.0 Å². The second-order valence-corrected chi connectivity index (χ2v) is 6.38. The van der Waals surface area contributed by atoms with Crippen LogP contribution in [-0.2, 0) is 14.6 Å². The third-order valence-corrected chi connectivity index (χ3v) is 3.36. The van der Waals surface area contributed by atoms with E-state index in [1.165, 1.54) is 6.07 Å². The Kier molecular flexibility index (Phi) is 5.14. The minimum absolute atomic E-state index is 0.304. The van der Waals surface area contributed by atoms with Crippen LogP contribution in [0, 0.1) is 5.95 Å². The highest BCUT2D eigenvalue weighted by Gasteiger charge is 2.23. The van der Waals surface area contributed by atoms with Gasteiger partial charge in [0.1, 0.15) is 15.9 Å². The highest BCUT2D eigenvalue weighted by Crippen LogP contribution is 2.05. The zero-order valence-corrected chi connectivity index (χ0v) is 11.4. The first-order chi connectivity index (χ1) is 9.20. The number of nitrogens with zero attached hydrogens (tertiary/aromatic N) is 1. The lowest BCUT2D eigenvalue weighted by molar-refractivity contribution is -0.139. The topological polar surface area (TPSA) is 113 Å². The van der Waals surface area contributed by atoms with E-state index in [-0.39, 0.29) is 6.42 Å². The summed E-state index contributed by atoms with van der Waals surface area (Å²) in [5.41, 5.74) is -0.405. The van der Waals surface area contributed by atoms with Crippen molar-refractivity contribution in [2.75, 3.05) is 12.0 Å². The van der Waals surface area contributed by atoms with Crippen molar-refractivity contribution in [3.63, 3.8) is 0 Å². The molecule has 110 valence electrons. The molecule has 1 atom stereocenters. The molecule has 1 rings (SSSR count). The maximum atomic E-state index is 13.3. The van der Waals surface area contributed by atoms with Crippen LogP contribution in [0.5, 0.6) is 0 Å². The van der Waals surface area contributed by atoms with Crippen molar-refractivity contribution >= 4 is 21.7 Å². The Balaban J connectivity index is 2.79. The number of rotatable bonds is 6. The Morgan fingerprint density at radius 2 is 2.15 bits per heavy atom. The number of hydrogen-bond donors (Lipinski definition) is 2. The summed E-state index contributed by atoms with van der Waals surface area (Å²) in [4.78, 5) is 25.9. The van der Waals surface area contributed by atoms with Gasteiger partial charge in [0.25, 0.3) is 5.91 Å². The summed E-state index contributed by atoms with van der Waals surface area (Å²) < 4.78 is 35.2. The summed E-state index contributed by atoms with van der Waals surface area (Å²) in [6, 6.07) is 1.05. The quantitative estimate of drug-likeness (QED) is 0.706. The zero-order valence-electron chi connectivity index (χ0n) is 10.5. The molecule has 1 aromatic heterocycles. The normalized spacial score (nSPS) is 12.7. The fraction of sp³-hybridized carbons (Fsp3) is 0.364. The van der Waals surface area contributed by atoms with E-state index in [0.29, 0.717) is 0 Å². The lowest BCUT2D eigenvalue weighted by atomic mass is 10.2. The van der Waals surface area contributed by atoms with Crippen molar-refractivity contribution in [2.45, 2.75) is 12.5 Å². The molecular weight excluding hydrogens is 291 g/mol. The van der Waals surface area contributed by atoms with Gasteiger partial charge in [-0.25, -0.2) is 18.2 Å². The van der Waals surface area contributed by atoms with Gasteiger partial charge in [-0.2, -0.15) is 4.39 Å². The number of hydrogen-bond acceptors (Lipinski definition) is 5. The molecule has 0 aromatic carbocycles. The number of aliphatic carboxylic acids is 1. The van der Waals surface area contributed by atoms with Gasteiger partial charge in [-0.15, -0.1) is 0 Å². The molecule has 0 aliphatic carbocycles. The number of carboxylic acids is 1. The minimum Gasteiger partial charge on any atom is -0.480 e. The molecule has 1 amide bonds. The van der Waals surface area contributed by atoms with Crippen LogP contribution in [0.4, 0.5) is 4.39 Å². The molecule has 0 saturated carbocycles. The smallest absolute Gasteiger partial charge is 0.326 e. The number of carboxylic acid groups (broad SMARTS) is 1. The van der Waals surface area contributed by atoms with E-state index in [2.05, 4.69) is 10.3 Å². The van der Waals surface area contributed by atoms with Crippen LogP contribution in [0.3, 0.4) is 0 Å². The monoisotopic (exact) mass is 304 g/mol. The zero-order chi connectivity index (χ0) is 15.3. The Hall–Kier alpha value is -2.03. The molecule has 0 fully saturated rings. The predicted octanol–water partition coefficient (Wildman–Crippen LogP) is -0.162. The van der Waals surface area contributed by atoms with E-state index >= 15 is 0 Å². The van der Waals surface area contributed by atoms with Crippen molar-refractivity contribution < 1.29 is 27.5 Å². The second kappa shape index (κ2) is 6.42. The molecule has 9 heteroatoms. The van der Waals surface area contributed by atoms with Gasteiger partial charge in [0.2, 0.25) is 5.95 Å². The first kappa shape index (κ1) is 16.0. The molecule has 1 aromatic rings. The summed E-state index contributed by atoms with van der Waals surface area (Å²) in [5.74, 6) is -3.79. The number of nitrogens with one attached hydrogen (secondary N) is 1. The molecule has 0 spiro atoms. The van der Waals surface area contributed by atoms with Gasteiger partial charge in [0.15, 0.2) is 0 Å². The Morgan fingerprint density at radius 3 is 2.65 bits per heavy atom. The summed E-state index contributed by atoms with van der Waals surface area (Å²) in [7, 11) is -3.36. The Bertz CT molecular complexity index is 617. The van der Waals surface area contributed by atoms with Crippen molar-refractivity contribution in [3.8, 4) is 0 Å². The Labute approximate surface area is 114 Å². The molecule has 7 nitrogen and oxygen atoms in total. The summed E-state index contributed by atoms with van der Waals surface area (Å²) in [6.45, 7) is 0. The number of halogens is 1. The van der Waals surface area contributed by atoms with Crippen molar-refractivity contribution in [1.82, 2.24) is 10.3 Å². The van der Waals surface area contributed by atoms with Crippen LogP contribution >= 0.6 is 0 Å². The third kappa shape index (κ3) is 4.92. The molecule has 0 radical (unpaired) electrons. The van der Waals surface area contributed by atoms with Crippen LogP contribution in [0.25, 0.3) is 0 Å². The second-order valence-electron chi connectivity index (χ2n) is 4.12. The van der Waals surface area contributed by atoms with Crippen LogP contribution in [-0.4, -0.2) is 48.4 Å². The molecule has 0 aliphatic rings. The number of carbonyl (C=O) groups excluding carboxylic acids is 1. The molecular formula is C11H13FN2O5S. The first-order valence-corrected chi connectivity index (χ1v) is 7.58. The maximum Gasteiger partial charge on any atom is 0.326 e. The van der Waals surface area contributed by atoms with Gasteiger partial charge in [0, 0.05) is 12.5 Å². The van der Waals surface area contributed by atoms with Crippen LogP contribution < -0.4 is 5.32 Å². The lowest BCUT2D eigenvalue weighted by Gasteiger charge is -2.14. The average molecular weight is 304 g/mol. The number of carbonyl (C=O) groups is 2. The van der Waals surface area contributed by atoms with Gasteiger partial charge in [-0.05, 0) is 18.6 Å². The van der Waals surface area contributed by atoms with Crippen molar-refractivity contribution in [3.05, 3.63) is 29.8 Å². The molecule has 2 N–H and O–H groups in total. The van der Waals surface area contributed by atoms with Crippen molar-refractivity contribution in [1.29, 1.82) is 0 Å². The molecule has 1 unspecified atom stereocenters. The summed E-state index contributed by atoms with van der Waals surface area (Å²) in [5, 5.41) is 11.0. The predicted molar refractivity (Wildman–Crippen MR) is 67.4 cm³/mol. The first-order valence-electron chi connectivity index (χ1n) is 5.52. The number of sulfone groups is 1. The average Bonchev–Trinajstić information content (AvgIpc) is 2.33. The van der Waals surface area contributed by atoms with Gasteiger partial charge < -0.3 is 10.4 Å². The van der Waals surface area contributed by atoms with Crippen LogP contribution in [0.1, 0.15) is 16.8 Å². The maximum absolute atomic E-state index is 13.3. The van der Waals surface area contributed by atoms with E-state index in [1.807, 2.05) is 0 Å². The summed E-state index contributed by atoms with van der Waals surface area (Å²) >= 11 is 0. The number of aromatic nitrogens is 1. The van der Waals surface area contributed by atoms with E-state index in [1.54, 1.807) is 0 Å². The standard InChI is InChI=1S/C11H13FN2O5S/c1-20(18,19)6-4-8(11(16)17)14-10(15)7-3-2-5-13-9(7)12/h2-3,5,8H,4,6H2,1H3,(H,14,15)(H,16,17). The fourth-order valence-corrected chi connectivity index (χ4v) is 2.04. The fourth-order valence-electron chi connectivity index (χ4n) is 1.38. The lowest BCUT2D eigenvalue weighted by Crippen LogP contribution is -2.42. The van der Waals surface area contributed by atoms with Gasteiger partial charge in [-0.1, -0.05) is 0 Å². The number of amides is 1. The SMILES string of the molecule is CS(=O)(=O)CCC(NC(=O)c1cccnc1F)C(=O)O. The molecule has 20 heavy (non-hydrogen) atoms. The van der Waals surface area contributed by atoms with Crippen LogP contribution in [0.2, 0.25) is 0 Å². The third-order valence-electron chi connectivity index (χ3n) is 2.38. The van der Waals surface area contributed by atoms with E-state index in [4.69, 9.17) is 5.11 Å². The Morgan fingerprint density at radius 1 is 1.50 bits per heavy atom. The van der Waals surface area contributed by atoms with Gasteiger partial charge in [-0.3, -0.25) is 4.79 Å². The number of pyridine rings is 1. The highest BCUT2D eigenvalue weighted by atomic mass is 32.2. The molecule has 0 saturated heterocycles. The largest absolute Gasteiger partial charge is 0.480 e. The van der Waals surface area contributed by atoms with Gasteiger partial charge >= 0.3 is 5.97 Å². The van der Waals surface area contributed by atoms with Gasteiger partial charge in [0.05, 0.1) is 11.3 Å². The summed E-state index contributed by atoms with van der Waals surface area (Å²) in [6.07, 6.45) is 1.79. The van der Waals surface area contributed by atoms with E-state index in [9.17, 15) is 22.4 Å². The highest BCUT2D eigenvalue weighted by molar-refractivity contribution is 7.90. The van der Waals surface area contributed by atoms with Crippen molar-refractivity contribution in [2.24, 2.45) is 0 Å².